The van der Waals surface area contributed by atoms with Gasteiger partial charge >= 0.3 is 0 Å². The summed E-state index contributed by atoms with van der Waals surface area (Å²) in [6.45, 7) is 2.72. The van der Waals surface area contributed by atoms with Crippen molar-refractivity contribution in [2.45, 2.75) is 0 Å². The Balaban J connectivity index is 1.92. The Bertz CT molecular complexity index is 105. The smallest absolute Gasteiger partial charge is 0.0571 e. The van der Waals surface area contributed by atoms with E-state index in [2.05, 4.69) is 0 Å². The Kier molecular flexibility index (Phi) is 0.718. The molecule has 2 aliphatic rings. The van der Waals surface area contributed by atoms with Crippen LogP contribution >= 0.6 is 0 Å². The van der Waals surface area contributed by atoms with Crippen LogP contribution in [0.2, 0.25) is 0 Å². The van der Waals surface area contributed by atoms with Crippen LogP contribution in [-0.4, -0.2) is 31.4 Å². The van der Waals surface area contributed by atoms with E-state index in [1.807, 2.05) is 0 Å². The molecule has 1 spiro atoms. The Labute approximate surface area is 47.2 Å². The van der Waals surface area contributed by atoms with Crippen LogP contribution in [-0.2, 0) is 4.74 Å². The van der Waals surface area contributed by atoms with Crippen molar-refractivity contribution >= 4 is 0 Å². The van der Waals surface area contributed by atoms with Gasteiger partial charge in [0.1, 0.15) is 0 Å². The van der Waals surface area contributed by atoms with E-state index < -0.39 is 0 Å². The van der Waals surface area contributed by atoms with Crippen LogP contribution in [0.5, 0.6) is 0 Å². The topological polar surface area (TPSA) is 12.5 Å². The molecule has 0 aromatic heterocycles. The third-order valence-electron chi connectivity index (χ3n) is 1.83. The first-order valence-electron chi connectivity index (χ1n) is 2.79. The minimum absolute atomic E-state index is 0.245. The second-order valence-electron chi connectivity index (χ2n) is 2.77. The molecule has 0 aromatic rings. The van der Waals surface area contributed by atoms with Crippen LogP contribution in [0.3, 0.4) is 0 Å². The molecule has 0 amide bonds. The van der Waals surface area contributed by atoms with Crippen LogP contribution in [0.1, 0.15) is 0 Å². The number of hydrogen-bond acceptors (Lipinski definition) is 2. The first-order chi connectivity index (χ1) is 3.81. The fourth-order valence-electron chi connectivity index (χ4n) is 1.25. The zero-order valence-corrected chi connectivity index (χ0v) is 4.56. The van der Waals surface area contributed by atoms with Gasteiger partial charge in [-0.05, 0) is 0 Å². The number of rotatable bonds is 0. The van der Waals surface area contributed by atoms with Gasteiger partial charge in [-0.3, -0.25) is 0 Å². The summed E-state index contributed by atoms with van der Waals surface area (Å²) in [5.41, 5.74) is 0.245. The van der Waals surface area contributed by atoms with Crippen LogP contribution in [0, 0.1) is 5.41 Å². The minimum Gasteiger partial charge on any atom is -0.380 e. The maximum atomic E-state index is 12.0. The molecule has 0 saturated carbocycles. The fraction of sp³-hybridized carbons (Fsp3) is 1.00. The fourth-order valence-corrected chi connectivity index (χ4v) is 1.25. The summed E-state index contributed by atoms with van der Waals surface area (Å²) in [7, 11) is 0. The molecule has 3 heteroatoms. The van der Waals surface area contributed by atoms with Gasteiger partial charge in [0.05, 0.1) is 13.2 Å². The largest absolute Gasteiger partial charge is 0.380 e. The highest BCUT2D eigenvalue weighted by atomic mass is 19.2. The second kappa shape index (κ2) is 1.22. The monoisotopic (exact) mass is 117 g/mol. The average molecular weight is 117 g/mol. The minimum atomic E-state index is 0.245. The summed E-state index contributed by atoms with van der Waals surface area (Å²) in [6.07, 6.45) is 0. The predicted octanol–water partition coefficient (Wildman–Crippen LogP) is 0.203. The van der Waals surface area contributed by atoms with Crippen LogP contribution in [0.4, 0.5) is 4.48 Å². The van der Waals surface area contributed by atoms with Gasteiger partial charge in [-0.15, -0.1) is 9.60 Å². The lowest BCUT2D eigenvalue weighted by atomic mass is 9.80. The first-order valence-corrected chi connectivity index (χ1v) is 2.79. The third-order valence-corrected chi connectivity index (χ3v) is 1.83. The summed E-state index contributed by atoms with van der Waals surface area (Å²) in [4.78, 5) is 0. The van der Waals surface area contributed by atoms with Gasteiger partial charge in [0.25, 0.3) is 0 Å². The molecule has 2 heterocycles. The van der Waals surface area contributed by atoms with Crippen molar-refractivity contribution in [3.63, 3.8) is 0 Å². The summed E-state index contributed by atoms with van der Waals surface area (Å²) in [5, 5.41) is 0.836. The SMILES string of the molecule is FN1CC2(COC2)C1. The molecular formula is C5H8FNO. The molecule has 2 fully saturated rings. The van der Waals surface area contributed by atoms with E-state index in [1.54, 1.807) is 0 Å². The zero-order valence-electron chi connectivity index (χ0n) is 4.56. The molecule has 2 nitrogen and oxygen atoms in total. The van der Waals surface area contributed by atoms with E-state index >= 15 is 0 Å². The molecule has 0 atom stereocenters. The van der Waals surface area contributed by atoms with Gasteiger partial charge in [-0.1, -0.05) is 0 Å². The lowest BCUT2D eigenvalue weighted by Gasteiger charge is -2.50. The highest BCUT2D eigenvalue weighted by Gasteiger charge is 2.49. The number of halogens is 1. The molecule has 0 aliphatic carbocycles. The van der Waals surface area contributed by atoms with Crippen molar-refractivity contribution in [3.8, 4) is 0 Å². The summed E-state index contributed by atoms with van der Waals surface area (Å²) < 4.78 is 16.9. The zero-order chi connectivity index (χ0) is 5.61. The van der Waals surface area contributed by atoms with Gasteiger partial charge in [0.2, 0.25) is 0 Å². The molecule has 0 bridgehead atoms. The molecule has 0 N–H and O–H groups in total. The van der Waals surface area contributed by atoms with E-state index in [9.17, 15) is 4.48 Å². The molecule has 2 saturated heterocycles. The number of hydrogen-bond donors (Lipinski definition) is 0. The Morgan fingerprint density at radius 1 is 1.38 bits per heavy atom. The molecule has 2 rings (SSSR count). The van der Waals surface area contributed by atoms with Crippen molar-refractivity contribution in [2.75, 3.05) is 26.3 Å². The number of ether oxygens (including phenoxy) is 1. The van der Waals surface area contributed by atoms with Gasteiger partial charge in [0, 0.05) is 18.5 Å². The Hall–Kier alpha value is -0.150. The maximum absolute atomic E-state index is 12.0. The summed E-state index contributed by atoms with van der Waals surface area (Å²) in [6, 6.07) is 0. The standard InChI is InChI=1S/C5H8FNO/c6-7-1-5(2-7)3-8-4-5/h1-4H2. The Morgan fingerprint density at radius 3 is 2.12 bits per heavy atom. The maximum Gasteiger partial charge on any atom is 0.0571 e. The van der Waals surface area contributed by atoms with Crippen molar-refractivity contribution in [1.82, 2.24) is 5.12 Å². The average Bonchev–Trinajstić information content (AvgIpc) is 1.51. The van der Waals surface area contributed by atoms with E-state index in [-0.39, 0.29) is 5.41 Å². The Morgan fingerprint density at radius 2 is 2.00 bits per heavy atom. The quantitative estimate of drug-likeness (QED) is 0.420. The van der Waals surface area contributed by atoms with Gasteiger partial charge < -0.3 is 4.74 Å². The molecule has 0 aromatic carbocycles. The normalized spacial score (nSPS) is 34.1. The van der Waals surface area contributed by atoms with Gasteiger partial charge in [0.15, 0.2) is 0 Å². The van der Waals surface area contributed by atoms with Gasteiger partial charge in [-0.25, -0.2) is 0 Å². The number of nitrogens with zero attached hydrogens (tertiary/aromatic N) is 1. The molecule has 0 unspecified atom stereocenters. The van der Waals surface area contributed by atoms with Crippen LogP contribution in [0.15, 0.2) is 0 Å². The highest BCUT2D eigenvalue weighted by Crippen LogP contribution is 2.37. The van der Waals surface area contributed by atoms with E-state index in [0.29, 0.717) is 13.1 Å². The van der Waals surface area contributed by atoms with Crippen molar-refractivity contribution < 1.29 is 9.22 Å². The molecular weight excluding hydrogens is 109 g/mol. The third kappa shape index (κ3) is 0.432. The lowest BCUT2D eigenvalue weighted by molar-refractivity contribution is -0.241. The van der Waals surface area contributed by atoms with Crippen molar-refractivity contribution in [1.29, 1.82) is 0 Å². The van der Waals surface area contributed by atoms with Gasteiger partial charge in [-0.2, -0.15) is 0 Å². The van der Waals surface area contributed by atoms with Crippen LogP contribution in [0.25, 0.3) is 0 Å². The van der Waals surface area contributed by atoms with E-state index in [1.165, 1.54) is 0 Å². The van der Waals surface area contributed by atoms with Crippen molar-refractivity contribution in [2.24, 2.45) is 5.41 Å². The van der Waals surface area contributed by atoms with E-state index in [4.69, 9.17) is 4.74 Å². The molecule has 2 aliphatic heterocycles. The summed E-state index contributed by atoms with van der Waals surface area (Å²) >= 11 is 0. The van der Waals surface area contributed by atoms with Crippen molar-refractivity contribution in [3.05, 3.63) is 0 Å². The van der Waals surface area contributed by atoms with E-state index in [0.717, 1.165) is 18.3 Å². The molecule has 46 valence electrons. The molecule has 0 radical (unpaired) electrons. The first kappa shape index (κ1) is 4.70. The highest BCUT2D eigenvalue weighted by molar-refractivity contribution is 4.96. The summed E-state index contributed by atoms with van der Waals surface area (Å²) in [5.74, 6) is 0. The van der Waals surface area contributed by atoms with Crippen LogP contribution < -0.4 is 0 Å². The molecule has 8 heavy (non-hydrogen) atoms. The lowest BCUT2D eigenvalue weighted by Crippen LogP contribution is -2.63. The second-order valence-corrected chi connectivity index (χ2v) is 2.77. The predicted molar refractivity (Wildman–Crippen MR) is 25.9 cm³/mol.